The van der Waals surface area contributed by atoms with Crippen molar-refractivity contribution >= 4 is 17.2 Å². The summed E-state index contributed by atoms with van der Waals surface area (Å²) in [6.07, 6.45) is 4.60. The number of hydrogen-bond acceptors (Lipinski definition) is 5. The van der Waals surface area contributed by atoms with Crippen LogP contribution >= 0.6 is 11.3 Å². The summed E-state index contributed by atoms with van der Waals surface area (Å²) < 4.78 is 5.34. The van der Waals surface area contributed by atoms with Gasteiger partial charge in [0.1, 0.15) is 0 Å². The molecule has 2 aliphatic rings. The molecule has 2 bridgehead atoms. The standard InChI is InChI=1S/C18H20N2O3S/c1-23-16-14(4-2-8-19-16)18(22)10-12-6-7-13(11-18)20(12)17(21)15-5-3-9-24-15/h2-5,8-9,12-13,22H,6-7,10-11H2,1H3. The zero-order valence-corrected chi connectivity index (χ0v) is 14.3. The van der Waals surface area contributed by atoms with Crippen LogP contribution in [-0.2, 0) is 5.60 Å². The zero-order chi connectivity index (χ0) is 16.7. The number of nitrogens with zero attached hydrogens (tertiary/aromatic N) is 2. The lowest BCUT2D eigenvalue weighted by Gasteiger charge is -2.44. The lowest BCUT2D eigenvalue weighted by molar-refractivity contribution is -0.0493. The monoisotopic (exact) mass is 344 g/mol. The SMILES string of the molecule is COc1ncccc1C1(O)CC2CCC(C1)N2C(=O)c1cccs1. The van der Waals surface area contributed by atoms with Gasteiger partial charge in [-0.3, -0.25) is 4.79 Å². The summed E-state index contributed by atoms with van der Waals surface area (Å²) in [5, 5.41) is 13.2. The van der Waals surface area contributed by atoms with Crippen LogP contribution in [0.5, 0.6) is 5.88 Å². The van der Waals surface area contributed by atoms with Crippen LogP contribution in [0.2, 0.25) is 0 Å². The van der Waals surface area contributed by atoms with Crippen molar-refractivity contribution in [1.82, 2.24) is 9.88 Å². The van der Waals surface area contributed by atoms with Gasteiger partial charge in [0.15, 0.2) is 0 Å². The Morgan fingerprint density at radius 3 is 2.71 bits per heavy atom. The van der Waals surface area contributed by atoms with Gasteiger partial charge in [-0.2, -0.15) is 0 Å². The van der Waals surface area contributed by atoms with Crippen LogP contribution in [0.15, 0.2) is 35.8 Å². The van der Waals surface area contributed by atoms with Crippen LogP contribution in [0, 0.1) is 0 Å². The number of ether oxygens (including phenoxy) is 1. The maximum Gasteiger partial charge on any atom is 0.264 e. The number of aliphatic hydroxyl groups is 1. The van der Waals surface area contributed by atoms with Crippen molar-refractivity contribution in [3.8, 4) is 5.88 Å². The third-order valence-electron chi connectivity index (χ3n) is 5.20. The summed E-state index contributed by atoms with van der Waals surface area (Å²) in [5.74, 6) is 0.565. The van der Waals surface area contributed by atoms with Gasteiger partial charge in [0.2, 0.25) is 5.88 Å². The minimum absolute atomic E-state index is 0.0632. The van der Waals surface area contributed by atoms with Gasteiger partial charge in [-0.1, -0.05) is 6.07 Å². The van der Waals surface area contributed by atoms with Crippen molar-refractivity contribution in [3.05, 3.63) is 46.3 Å². The van der Waals surface area contributed by atoms with Gasteiger partial charge in [0, 0.05) is 36.7 Å². The van der Waals surface area contributed by atoms with E-state index in [9.17, 15) is 9.90 Å². The summed E-state index contributed by atoms with van der Waals surface area (Å²) in [6.45, 7) is 0. The summed E-state index contributed by atoms with van der Waals surface area (Å²) in [4.78, 5) is 19.8. The molecule has 0 saturated carbocycles. The van der Waals surface area contributed by atoms with Gasteiger partial charge < -0.3 is 14.7 Å². The summed E-state index contributed by atoms with van der Waals surface area (Å²) >= 11 is 1.48. The minimum atomic E-state index is -0.988. The third-order valence-corrected chi connectivity index (χ3v) is 6.06. The summed E-state index contributed by atoms with van der Waals surface area (Å²) in [6, 6.07) is 7.60. The molecule has 2 atom stereocenters. The molecular formula is C18H20N2O3S. The Morgan fingerprint density at radius 1 is 1.33 bits per heavy atom. The molecule has 2 unspecified atom stereocenters. The van der Waals surface area contributed by atoms with E-state index in [4.69, 9.17) is 4.74 Å². The highest BCUT2D eigenvalue weighted by Gasteiger charge is 2.51. The molecule has 2 aromatic heterocycles. The van der Waals surface area contributed by atoms with Gasteiger partial charge in [-0.05, 0) is 36.4 Å². The molecule has 0 aromatic carbocycles. The Kier molecular flexibility index (Phi) is 3.81. The molecule has 2 fully saturated rings. The largest absolute Gasteiger partial charge is 0.481 e. The van der Waals surface area contributed by atoms with E-state index >= 15 is 0 Å². The summed E-state index contributed by atoms with van der Waals surface area (Å²) in [5.41, 5.74) is -0.259. The highest BCUT2D eigenvalue weighted by atomic mass is 32.1. The second-order valence-electron chi connectivity index (χ2n) is 6.57. The van der Waals surface area contributed by atoms with Gasteiger partial charge in [-0.25, -0.2) is 4.98 Å². The normalized spacial score (nSPS) is 28.8. The average Bonchev–Trinajstić information content (AvgIpc) is 3.22. The fourth-order valence-electron chi connectivity index (χ4n) is 4.21. The van der Waals surface area contributed by atoms with Crippen LogP contribution < -0.4 is 4.74 Å². The molecule has 0 spiro atoms. The van der Waals surface area contributed by atoms with Crippen molar-refractivity contribution in [3.63, 3.8) is 0 Å². The van der Waals surface area contributed by atoms with Crippen molar-refractivity contribution in [2.45, 2.75) is 43.4 Å². The van der Waals surface area contributed by atoms with Crippen LogP contribution in [0.25, 0.3) is 0 Å². The van der Waals surface area contributed by atoms with Crippen LogP contribution in [-0.4, -0.2) is 40.1 Å². The maximum atomic E-state index is 12.8. The molecule has 2 aliphatic heterocycles. The molecule has 0 radical (unpaired) electrons. The van der Waals surface area contributed by atoms with E-state index in [-0.39, 0.29) is 18.0 Å². The molecule has 0 aliphatic carbocycles. The number of hydrogen-bond donors (Lipinski definition) is 1. The number of aromatic nitrogens is 1. The first kappa shape index (κ1) is 15.6. The molecule has 4 heterocycles. The van der Waals surface area contributed by atoms with E-state index in [2.05, 4.69) is 4.98 Å². The Labute approximate surface area is 144 Å². The van der Waals surface area contributed by atoms with Gasteiger partial charge in [0.05, 0.1) is 17.6 Å². The van der Waals surface area contributed by atoms with E-state index in [0.29, 0.717) is 18.7 Å². The quantitative estimate of drug-likeness (QED) is 0.930. The second-order valence-corrected chi connectivity index (χ2v) is 7.52. The molecule has 1 amide bonds. The third kappa shape index (κ3) is 2.41. The number of carbonyl (C=O) groups is 1. The predicted molar refractivity (Wildman–Crippen MR) is 91.2 cm³/mol. The molecule has 1 N–H and O–H groups in total. The van der Waals surface area contributed by atoms with Gasteiger partial charge in [0.25, 0.3) is 5.91 Å². The van der Waals surface area contributed by atoms with Crippen molar-refractivity contribution in [2.75, 3.05) is 7.11 Å². The Bertz CT molecular complexity index is 732. The van der Waals surface area contributed by atoms with Gasteiger partial charge in [-0.15, -0.1) is 11.3 Å². The van der Waals surface area contributed by atoms with Crippen LogP contribution in [0.1, 0.15) is 40.9 Å². The number of fused-ring (bicyclic) bond motifs is 2. The molecule has 2 aromatic rings. The number of amides is 1. The number of piperidine rings is 1. The number of carbonyl (C=O) groups excluding carboxylic acids is 1. The van der Waals surface area contributed by atoms with E-state index in [1.165, 1.54) is 11.3 Å². The maximum absolute atomic E-state index is 12.8. The van der Waals surface area contributed by atoms with E-state index in [1.54, 1.807) is 13.3 Å². The second kappa shape index (κ2) is 5.86. The molecule has 126 valence electrons. The lowest BCUT2D eigenvalue weighted by Crippen LogP contribution is -2.52. The fourth-order valence-corrected chi connectivity index (χ4v) is 4.88. The molecule has 6 heteroatoms. The Balaban J connectivity index is 1.63. The minimum Gasteiger partial charge on any atom is -0.481 e. The number of rotatable bonds is 3. The van der Waals surface area contributed by atoms with Crippen LogP contribution in [0.3, 0.4) is 0 Å². The number of pyridine rings is 1. The number of methoxy groups -OCH3 is 1. The predicted octanol–water partition coefficient (Wildman–Crippen LogP) is 2.81. The van der Waals surface area contributed by atoms with Crippen molar-refractivity contribution in [1.29, 1.82) is 0 Å². The first-order valence-electron chi connectivity index (χ1n) is 8.20. The van der Waals surface area contributed by atoms with E-state index < -0.39 is 5.60 Å². The van der Waals surface area contributed by atoms with Crippen molar-refractivity contribution in [2.24, 2.45) is 0 Å². The smallest absolute Gasteiger partial charge is 0.264 e. The van der Waals surface area contributed by atoms with Crippen LogP contribution in [0.4, 0.5) is 0 Å². The van der Waals surface area contributed by atoms with Crippen molar-refractivity contribution < 1.29 is 14.6 Å². The first-order chi connectivity index (χ1) is 11.6. The van der Waals surface area contributed by atoms with Gasteiger partial charge >= 0.3 is 0 Å². The number of thiophene rings is 1. The molecule has 4 rings (SSSR count). The molecule has 2 saturated heterocycles. The topological polar surface area (TPSA) is 62.7 Å². The Morgan fingerprint density at radius 2 is 2.08 bits per heavy atom. The highest BCUT2D eigenvalue weighted by Crippen LogP contribution is 2.47. The Hall–Kier alpha value is -1.92. The fraction of sp³-hybridized carbons (Fsp3) is 0.444. The first-order valence-corrected chi connectivity index (χ1v) is 9.08. The molecule has 5 nitrogen and oxygen atoms in total. The average molecular weight is 344 g/mol. The lowest BCUT2D eigenvalue weighted by atomic mass is 9.80. The van der Waals surface area contributed by atoms with E-state index in [1.807, 2.05) is 34.5 Å². The highest BCUT2D eigenvalue weighted by molar-refractivity contribution is 7.12. The molecular weight excluding hydrogens is 324 g/mol. The summed E-state index contributed by atoms with van der Waals surface area (Å²) in [7, 11) is 1.57. The van der Waals surface area contributed by atoms with E-state index in [0.717, 1.165) is 23.3 Å². The zero-order valence-electron chi connectivity index (χ0n) is 13.5. The molecule has 24 heavy (non-hydrogen) atoms.